The Balaban J connectivity index is 2.05. The van der Waals surface area contributed by atoms with Gasteiger partial charge < -0.3 is 14.2 Å². The lowest BCUT2D eigenvalue weighted by Gasteiger charge is -2.18. The van der Waals surface area contributed by atoms with Crippen LogP contribution in [0.25, 0.3) is 0 Å². The number of esters is 1. The van der Waals surface area contributed by atoms with Crippen LogP contribution < -0.4 is 0 Å². The van der Waals surface area contributed by atoms with Crippen molar-refractivity contribution in [2.45, 2.75) is 13.1 Å². The highest BCUT2D eigenvalue weighted by atomic mass is 79.9. The molecule has 116 valence electrons. The minimum Gasteiger partial charge on any atom is -0.464 e. The lowest BCUT2D eigenvalue weighted by Crippen LogP contribution is -2.30. The molecule has 2 rings (SSSR count). The number of benzene rings is 1. The first-order valence-electron chi connectivity index (χ1n) is 6.58. The number of hydrogen-bond acceptors (Lipinski definition) is 4. The second-order valence-electron chi connectivity index (χ2n) is 4.74. The molecule has 1 aromatic heterocycles. The van der Waals surface area contributed by atoms with E-state index in [1.54, 1.807) is 11.9 Å². The largest absolute Gasteiger partial charge is 0.464 e. The van der Waals surface area contributed by atoms with E-state index >= 15 is 0 Å². The quantitative estimate of drug-likeness (QED) is 0.761. The fourth-order valence-electron chi connectivity index (χ4n) is 1.96. The molecule has 7 heteroatoms. The van der Waals surface area contributed by atoms with E-state index in [1.165, 1.54) is 24.2 Å². The molecule has 1 heterocycles. The lowest BCUT2D eigenvalue weighted by molar-refractivity contribution is -0.131. The molecular weight excluding hydrogens is 350 g/mol. The number of amides is 1. The highest BCUT2D eigenvalue weighted by Crippen LogP contribution is 2.17. The maximum atomic E-state index is 12.3. The van der Waals surface area contributed by atoms with Gasteiger partial charge in [0.1, 0.15) is 12.2 Å². The number of ether oxygens (including phenoxy) is 1. The Kier molecular flexibility index (Phi) is 5.32. The van der Waals surface area contributed by atoms with Gasteiger partial charge in [-0.25, -0.2) is 9.78 Å². The average Bonchev–Trinajstić information content (AvgIpc) is 2.96. The summed E-state index contributed by atoms with van der Waals surface area (Å²) in [5.74, 6) is -0.641. The van der Waals surface area contributed by atoms with Gasteiger partial charge in [0.2, 0.25) is 5.91 Å². The van der Waals surface area contributed by atoms with E-state index in [0.717, 1.165) is 10.0 Å². The van der Waals surface area contributed by atoms with Gasteiger partial charge >= 0.3 is 5.97 Å². The van der Waals surface area contributed by atoms with Gasteiger partial charge in [0.05, 0.1) is 19.6 Å². The molecule has 22 heavy (non-hydrogen) atoms. The van der Waals surface area contributed by atoms with E-state index in [9.17, 15) is 9.59 Å². The number of hydrogen-bond donors (Lipinski definition) is 0. The van der Waals surface area contributed by atoms with Gasteiger partial charge in [0, 0.05) is 18.1 Å². The Morgan fingerprint density at radius 2 is 2.09 bits per heavy atom. The van der Waals surface area contributed by atoms with Crippen LogP contribution >= 0.6 is 15.9 Å². The molecule has 2 aromatic rings. The normalized spacial score (nSPS) is 10.3. The van der Waals surface area contributed by atoms with E-state index < -0.39 is 5.97 Å². The summed E-state index contributed by atoms with van der Waals surface area (Å²) in [6.45, 7) is 0.508. The van der Waals surface area contributed by atoms with Crippen LogP contribution in [0.2, 0.25) is 0 Å². The van der Waals surface area contributed by atoms with Crippen molar-refractivity contribution >= 4 is 27.8 Å². The SMILES string of the molecule is COC(=O)c1cncn1CC(=O)N(C)Cc1ccccc1Br. The molecule has 6 nitrogen and oxygen atoms in total. The summed E-state index contributed by atoms with van der Waals surface area (Å²) in [5, 5.41) is 0. The monoisotopic (exact) mass is 365 g/mol. The van der Waals surface area contributed by atoms with Crippen molar-refractivity contribution in [3.05, 3.63) is 52.5 Å². The number of likely N-dealkylation sites (N-methyl/N-ethyl adjacent to an activating group) is 1. The second-order valence-corrected chi connectivity index (χ2v) is 5.59. The Morgan fingerprint density at radius 3 is 2.77 bits per heavy atom. The van der Waals surface area contributed by atoms with Crippen LogP contribution in [0.1, 0.15) is 16.1 Å². The van der Waals surface area contributed by atoms with E-state index in [0.29, 0.717) is 6.54 Å². The third kappa shape index (κ3) is 3.73. The van der Waals surface area contributed by atoms with Crippen molar-refractivity contribution in [1.82, 2.24) is 14.5 Å². The van der Waals surface area contributed by atoms with Gasteiger partial charge in [-0.05, 0) is 11.6 Å². The molecule has 0 saturated carbocycles. The molecular formula is C15H16BrN3O3. The van der Waals surface area contributed by atoms with Crippen molar-refractivity contribution in [2.75, 3.05) is 14.2 Å². The zero-order valence-electron chi connectivity index (χ0n) is 12.3. The van der Waals surface area contributed by atoms with Crippen molar-refractivity contribution in [3.63, 3.8) is 0 Å². The number of carbonyl (C=O) groups excluding carboxylic acids is 2. The first-order valence-corrected chi connectivity index (χ1v) is 7.38. The smallest absolute Gasteiger partial charge is 0.356 e. The minimum absolute atomic E-state index is 0.0331. The molecule has 0 radical (unpaired) electrons. The predicted octanol–water partition coefficient (Wildman–Crippen LogP) is 2.09. The number of carbonyl (C=O) groups is 2. The highest BCUT2D eigenvalue weighted by Gasteiger charge is 2.17. The minimum atomic E-state index is -0.515. The number of nitrogens with zero attached hydrogens (tertiary/aromatic N) is 3. The maximum absolute atomic E-state index is 12.3. The summed E-state index contributed by atoms with van der Waals surface area (Å²) in [4.78, 5) is 29.4. The fraction of sp³-hybridized carbons (Fsp3) is 0.267. The number of halogens is 1. The molecule has 0 aliphatic heterocycles. The molecule has 0 N–H and O–H groups in total. The molecule has 0 aliphatic rings. The van der Waals surface area contributed by atoms with Gasteiger partial charge in [-0.1, -0.05) is 34.1 Å². The molecule has 0 fully saturated rings. The summed E-state index contributed by atoms with van der Waals surface area (Å²) in [6.07, 6.45) is 2.82. The second kappa shape index (κ2) is 7.22. The van der Waals surface area contributed by atoms with Crippen LogP contribution in [0.5, 0.6) is 0 Å². The first kappa shape index (κ1) is 16.2. The van der Waals surface area contributed by atoms with E-state index in [4.69, 9.17) is 0 Å². The van der Waals surface area contributed by atoms with Crippen LogP contribution in [0.15, 0.2) is 41.3 Å². The van der Waals surface area contributed by atoms with Crippen LogP contribution in [-0.2, 0) is 22.6 Å². The fourth-order valence-corrected chi connectivity index (χ4v) is 2.37. The number of imidazole rings is 1. The topological polar surface area (TPSA) is 64.4 Å². The van der Waals surface area contributed by atoms with E-state index in [1.807, 2.05) is 24.3 Å². The summed E-state index contributed by atoms with van der Waals surface area (Å²) >= 11 is 3.46. The third-order valence-electron chi connectivity index (χ3n) is 3.20. The summed E-state index contributed by atoms with van der Waals surface area (Å²) in [7, 11) is 3.01. The summed E-state index contributed by atoms with van der Waals surface area (Å²) < 4.78 is 7.09. The predicted molar refractivity (Wildman–Crippen MR) is 84.2 cm³/mol. The number of methoxy groups -OCH3 is 1. The third-order valence-corrected chi connectivity index (χ3v) is 3.98. The molecule has 0 spiro atoms. The maximum Gasteiger partial charge on any atom is 0.356 e. The standard InChI is InChI=1S/C15H16BrN3O3/c1-18(8-11-5-3-4-6-12(11)16)14(20)9-19-10-17-7-13(19)15(21)22-2/h3-7,10H,8-9H2,1-2H3. The Morgan fingerprint density at radius 1 is 1.36 bits per heavy atom. The van der Waals surface area contributed by atoms with Gasteiger partial charge in [0.25, 0.3) is 0 Å². The van der Waals surface area contributed by atoms with Gasteiger partial charge in [0.15, 0.2) is 0 Å². The van der Waals surface area contributed by atoms with Crippen LogP contribution in [-0.4, -0.2) is 40.5 Å². The average molecular weight is 366 g/mol. The van der Waals surface area contributed by atoms with Crippen molar-refractivity contribution in [2.24, 2.45) is 0 Å². The highest BCUT2D eigenvalue weighted by molar-refractivity contribution is 9.10. The van der Waals surface area contributed by atoms with Crippen LogP contribution in [0.3, 0.4) is 0 Å². The molecule has 1 aromatic carbocycles. The lowest BCUT2D eigenvalue weighted by atomic mass is 10.2. The first-order chi connectivity index (χ1) is 10.5. The van der Waals surface area contributed by atoms with Crippen molar-refractivity contribution in [1.29, 1.82) is 0 Å². The molecule has 0 atom stereocenters. The molecule has 0 unspecified atom stereocenters. The Labute approximate surface area is 136 Å². The zero-order valence-corrected chi connectivity index (χ0v) is 13.9. The number of rotatable bonds is 5. The summed E-state index contributed by atoms with van der Waals surface area (Å²) in [6, 6.07) is 7.72. The van der Waals surface area contributed by atoms with E-state index in [-0.39, 0.29) is 18.1 Å². The molecule has 0 saturated heterocycles. The van der Waals surface area contributed by atoms with Gasteiger partial charge in [-0.2, -0.15) is 0 Å². The van der Waals surface area contributed by atoms with E-state index in [2.05, 4.69) is 25.7 Å². The molecule has 1 amide bonds. The van der Waals surface area contributed by atoms with Crippen molar-refractivity contribution in [3.8, 4) is 0 Å². The number of aromatic nitrogens is 2. The Bertz CT molecular complexity index is 684. The van der Waals surface area contributed by atoms with Gasteiger partial charge in [-0.3, -0.25) is 4.79 Å². The van der Waals surface area contributed by atoms with Gasteiger partial charge in [-0.15, -0.1) is 0 Å². The van der Waals surface area contributed by atoms with Crippen LogP contribution in [0, 0.1) is 0 Å². The molecule has 0 bridgehead atoms. The Hall–Kier alpha value is -2.15. The summed E-state index contributed by atoms with van der Waals surface area (Å²) in [5.41, 5.74) is 1.27. The zero-order chi connectivity index (χ0) is 16.1. The molecule has 0 aliphatic carbocycles. The van der Waals surface area contributed by atoms with Crippen LogP contribution in [0.4, 0.5) is 0 Å². The van der Waals surface area contributed by atoms with Crippen molar-refractivity contribution < 1.29 is 14.3 Å².